The number of likely N-dealkylation sites (N-methyl/N-ethyl adjacent to an activating group) is 1. The summed E-state index contributed by atoms with van der Waals surface area (Å²) in [7, 11) is 0. The first kappa shape index (κ1) is 25.2. The van der Waals surface area contributed by atoms with E-state index in [0.29, 0.717) is 38.0 Å². The largest absolute Gasteiger partial charge is 0.355 e. The smallest absolute Gasteiger partial charge is 0.242 e. The molecule has 2 aromatic carbocycles. The Kier molecular flexibility index (Phi) is 10.1. The average Bonchev–Trinajstić information content (AvgIpc) is 2.69. The van der Waals surface area contributed by atoms with Gasteiger partial charge in [0.25, 0.3) is 0 Å². The maximum atomic E-state index is 13.1. The lowest BCUT2D eigenvalue weighted by Crippen LogP contribution is -2.48. The lowest BCUT2D eigenvalue weighted by Gasteiger charge is -2.29. The van der Waals surface area contributed by atoms with Crippen LogP contribution in [0.3, 0.4) is 0 Å². The van der Waals surface area contributed by atoms with Gasteiger partial charge < -0.3 is 10.2 Å². The normalized spacial score (nSPS) is 11.8. The summed E-state index contributed by atoms with van der Waals surface area (Å²) in [4.78, 5) is 27.0. The fraction of sp³-hybridized carbons (Fsp3) is 0.333. The van der Waals surface area contributed by atoms with Crippen LogP contribution < -0.4 is 5.32 Å². The zero-order valence-electron chi connectivity index (χ0n) is 16.6. The lowest BCUT2D eigenvalue weighted by molar-refractivity contribution is -0.138. The topological polar surface area (TPSA) is 49.4 Å². The Hall–Kier alpha value is -1.11. The zero-order chi connectivity index (χ0) is 22.3. The van der Waals surface area contributed by atoms with Gasteiger partial charge in [-0.2, -0.15) is 0 Å². The van der Waals surface area contributed by atoms with Crippen LogP contribution in [-0.2, 0) is 21.9 Å². The van der Waals surface area contributed by atoms with E-state index >= 15 is 0 Å². The van der Waals surface area contributed by atoms with Gasteiger partial charge in [0, 0.05) is 44.5 Å². The first-order valence-electron chi connectivity index (χ1n) is 9.26. The molecule has 0 aromatic heterocycles. The van der Waals surface area contributed by atoms with Crippen molar-refractivity contribution in [2.75, 3.05) is 12.3 Å². The molecular weight excluding hydrogens is 486 g/mol. The van der Waals surface area contributed by atoms with Crippen molar-refractivity contribution < 1.29 is 9.59 Å². The van der Waals surface area contributed by atoms with E-state index in [2.05, 4.69) is 5.32 Å². The third-order valence-electron chi connectivity index (χ3n) is 4.44. The van der Waals surface area contributed by atoms with E-state index in [1.54, 1.807) is 43.3 Å². The highest BCUT2D eigenvalue weighted by Gasteiger charge is 2.27. The molecule has 162 valence electrons. The first-order valence-corrected chi connectivity index (χ1v) is 11.9. The number of rotatable bonds is 9. The highest BCUT2D eigenvalue weighted by Crippen LogP contribution is 2.29. The van der Waals surface area contributed by atoms with Crippen molar-refractivity contribution in [3.05, 3.63) is 67.6 Å². The monoisotopic (exact) mass is 506 g/mol. The van der Waals surface area contributed by atoms with E-state index in [1.807, 2.05) is 6.92 Å². The summed E-state index contributed by atoms with van der Waals surface area (Å²) < 4.78 is 0. The number of benzene rings is 2. The van der Waals surface area contributed by atoms with Crippen molar-refractivity contribution in [3.8, 4) is 0 Å². The van der Waals surface area contributed by atoms with Gasteiger partial charge in [-0.1, -0.05) is 58.5 Å². The van der Waals surface area contributed by atoms with Crippen LogP contribution in [0.4, 0.5) is 0 Å². The molecule has 4 nitrogen and oxygen atoms in total. The van der Waals surface area contributed by atoms with Crippen LogP contribution in [0.5, 0.6) is 0 Å². The van der Waals surface area contributed by atoms with Crippen molar-refractivity contribution >= 4 is 70.0 Å². The van der Waals surface area contributed by atoms with Crippen LogP contribution in [0.2, 0.25) is 20.1 Å². The van der Waals surface area contributed by atoms with Crippen molar-refractivity contribution in [1.82, 2.24) is 10.2 Å². The van der Waals surface area contributed by atoms with E-state index in [0.717, 1.165) is 5.56 Å². The van der Waals surface area contributed by atoms with Gasteiger partial charge in [0.2, 0.25) is 11.8 Å². The lowest BCUT2D eigenvalue weighted by atomic mass is 10.1. The predicted octanol–water partition coefficient (Wildman–Crippen LogP) is 6.09. The molecule has 30 heavy (non-hydrogen) atoms. The second-order valence-electron chi connectivity index (χ2n) is 6.49. The van der Waals surface area contributed by atoms with E-state index in [1.165, 1.54) is 16.7 Å². The standard InChI is InChI=1S/C21H22Cl4N2O2S/c1-3-26-21(29)13(2)27(10-14-16(22)6-4-7-17(14)23)20(28)12-30-11-15-18(24)8-5-9-19(15)25/h4-9,13H,3,10-12H2,1-2H3,(H,26,29)/t13-/m1/s1. The third kappa shape index (κ3) is 6.69. The molecule has 0 saturated heterocycles. The molecule has 0 aliphatic rings. The molecule has 0 heterocycles. The minimum atomic E-state index is -0.686. The maximum Gasteiger partial charge on any atom is 0.242 e. The van der Waals surface area contributed by atoms with E-state index in [-0.39, 0.29) is 24.1 Å². The van der Waals surface area contributed by atoms with Crippen molar-refractivity contribution in [2.24, 2.45) is 0 Å². The van der Waals surface area contributed by atoms with Gasteiger partial charge in [0.1, 0.15) is 6.04 Å². The molecule has 0 bridgehead atoms. The maximum absolute atomic E-state index is 13.1. The second-order valence-corrected chi connectivity index (χ2v) is 9.10. The Balaban J connectivity index is 2.16. The Morgan fingerprint density at radius 2 is 1.47 bits per heavy atom. The quantitative estimate of drug-likeness (QED) is 0.447. The molecule has 0 spiro atoms. The minimum absolute atomic E-state index is 0.128. The summed E-state index contributed by atoms with van der Waals surface area (Å²) in [5, 5.41) is 4.75. The van der Waals surface area contributed by atoms with Crippen molar-refractivity contribution in [1.29, 1.82) is 0 Å². The van der Waals surface area contributed by atoms with Crippen LogP contribution in [0, 0.1) is 0 Å². The van der Waals surface area contributed by atoms with Crippen LogP contribution in [-0.4, -0.2) is 35.1 Å². The summed E-state index contributed by atoms with van der Waals surface area (Å²) >= 11 is 26.3. The Morgan fingerprint density at radius 3 is 1.97 bits per heavy atom. The molecule has 2 amide bonds. The van der Waals surface area contributed by atoms with Crippen LogP contribution in [0.25, 0.3) is 0 Å². The van der Waals surface area contributed by atoms with Gasteiger partial charge in [-0.25, -0.2) is 0 Å². The number of nitrogens with one attached hydrogen (secondary N) is 1. The van der Waals surface area contributed by atoms with Crippen molar-refractivity contribution in [3.63, 3.8) is 0 Å². The molecule has 9 heteroatoms. The molecule has 0 saturated carbocycles. The highest BCUT2D eigenvalue weighted by molar-refractivity contribution is 7.99. The third-order valence-corrected chi connectivity index (χ3v) is 6.80. The number of nitrogens with zero attached hydrogens (tertiary/aromatic N) is 1. The van der Waals surface area contributed by atoms with Gasteiger partial charge in [-0.15, -0.1) is 11.8 Å². The average molecular weight is 508 g/mol. The second kappa shape index (κ2) is 12.1. The molecule has 0 aliphatic heterocycles. The number of carbonyl (C=O) groups excluding carboxylic acids is 2. The Bertz CT molecular complexity index is 870. The minimum Gasteiger partial charge on any atom is -0.355 e. The molecule has 0 fully saturated rings. The fourth-order valence-corrected chi connectivity index (χ4v) is 4.92. The van der Waals surface area contributed by atoms with Crippen LogP contribution in [0.15, 0.2) is 36.4 Å². The Morgan fingerprint density at radius 1 is 0.967 bits per heavy atom. The number of hydrogen-bond donors (Lipinski definition) is 1. The summed E-state index contributed by atoms with van der Waals surface area (Å²) in [6, 6.07) is 9.74. The molecule has 0 unspecified atom stereocenters. The molecule has 0 radical (unpaired) electrons. The number of halogens is 4. The fourth-order valence-electron chi connectivity index (χ4n) is 2.75. The summed E-state index contributed by atoms with van der Waals surface area (Å²) in [6.45, 7) is 4.11. The first-order chi connectivity index (χ1) is 14.3. The summed E-state index contributed by atoms with van der Waals surface area (Å²) in [5.74, 6) is 0.166. The molecule has 1 atom stereocenters. The zero-order valence-corrected chi connectivity index (χ0v) is 20.4. The number of thioether (sulfide) groups is 1. The molecule has 0 aliphatic carbocycles. The highest BCUT2D eigenvalue weighted by atomic mass is 35.5. The number of carbonyl (C=O) groups is 2. The van der Waals surface area contributed by atoms with E-state index in [9.17, 15) is 9.59 Å². The predicted molar refractivity (Wildman–Crippen MR) is 128 cm³/mol. The van der Waals surface area contributed by atoms with E-state index < -0.39 is 6.04 Å². The molecule has 2 aromatic rings. The summed E-state index contributed by atoms with van der Waals surface area (Å²) in [6.07, 6.45) is 0. The molecule has 1 N–H and O–H groups in total. The van der Waals surface area contributed by atoms with E-state index in [4.69, 9.17) is 46.4 Å². The molecular formula is C21H22Cl4N2O2S. The van der Waals surface area contributed by atoms with Crippen LogP contribution >= 0.6 is 58.2 Å². The van der Waals surface area contributed by atoms with Gasteiger partial charge in [-0.3, -0.25) is 9.59 Å². The van der Waals surface area contributed by atoms with Gasteiger partial charge in [-0.05, 0) is 43.7 Å². The number of amides is 2. The van der Waals surface area contributed by atoms with Crippen molar-refractivity contribution in [2.45, 2.75) is 32.2 Å². The van der Waals surface area contributed by atoms with Gasteiger partial charge in [0.05, 0.1) is 5.75 Å². The Labute approximate surface area is 201 Å². The van der Waals surface area contributed by atoms with Gasteiger partial charge in [0.15, 0.2) is 0 Å². The number of hydrogen-bond acceptors (Lipinski definition) is 3. The molecule has 2 rings (SSSR count). The van der Waals surface area contributed by atoms with Gasteiger partial charge >= 0.3 is 0 Å². The summed E-state index contributed by atoms with van der Waals surface area (Å²) in [5.41, 5.74) is 1.38. The SMILES string of the molecule is CCNC(=O)[C@@H](C)N(Cc1c(Cl)cccc1Cl)C(=O)CSCc1c(Cl)cccc1Cl. The van der Waals surface area contributed by atoms with Crippen LogP contribution in [0.1, 0.15) is 25.0 Å².